The molecule has 1 N–H and O–H groups in total. The van der Waals surface area contributed by atoms with Crippen molar-refractivity contribution >= 4 is 0 Å². The van der Waals surface area contributed by atoms with Crippen LogP contribution >= 0.6 is 0 Å². The fraction of sp³-hybridized carbons (Fsp3) is 0.889. The van der Waals surface area contributed by atoms with E-state index in [1.165, 1.54) is 57.1 Å². The van der Waals surface area contributed by atoms with Crippen molar-refractivity contribution in [3.8, 4) is 0 Å². The molecule has 2 aliphatic rings. The van der Waals surface area contributed by atoms with E-state index in [2.05, 4.69) is 24.8 Å². The number of fused-ring (bicyclic) bond motifs is 1. The molecule has 0 spiro atoms. The van der Waals surface area contributed by atoms with Gasteiger partial charge in [0, 0.05) is 12.6 Å². The Hall–Kier alpha value is -0.340. The molecule has 116 valence electrons. The highest BCUT2D eigenvalue weighted by Crippen LogP contribution is 2.37. The quantitative estimate of drug-likeness (QED) is 0.583. The third kappa shape index (κ3) is 4.08. The summed E-state index contributed by atoms with van der Waals surface area (Å²) in [4.78, 5) is 2.50. The van der Waals surface area contributed by atoms with Gasteiger partial charge in [-0.3, -0.25) is 4.90 Å². The second-order valence-corrected chi connectivity index (χ2v) is 7.31. The van der Waals surface area contributed by atoms with E-state index in [0.29, 0.717) is 12.0 Å². The zero-order valence-electron chi connectivity index (χ0n) is 13.7. The van der Waals surface area contributed by atoms with Crippen LogP contribution in [-0.4, -0.2) is 34.7 Å². The first-order valence-electron chi connectivity index (χ1n) is 8.69. The topological polar surface area (TPSA) is 23.5 Å². The lowest BCUT2D eigenvalue weighted by Crippen LogP contribution is -2.52. The summed E-state index contributed by atoms with van der Waals surface area (Å²) in [5, 5.41) is 10.7. The summed E-state index contributed by atoms with van der Waals surface area (Å²) in [6.07, 6.45) is 12.5. The van der Waals surface area contributed by atoms with E-state index in [-0.39, 0.29) is 0 Å². The van der Waals surface area contributed by atoms with E-state index in [4.69, 9.17) is 0 Å². The van der Waals surface area contributed by atoms with Gasteiger partial charge in [0.15, 0.2) is 0 Å². The second-order valence-electron chi connectivity index (χ2n) is 7.31. The maximum Gasteiger partial charge on any atom is 0.0811 e. The van der Waals surface area contributed by atoms with Gasteiger partial charge in [0.25, 0.3) is 0 Å². The van der Waals surface area contributed by atoms with E-state index in [1.54, 1.807) is 0 Å². The number of unbranched alkanes of at least 4 members (excludes halogenated alkanes) is 3. The largest absolute Gasteiger partial charge is 0.388 e. The van der Waals surface area contributed by atoms with Crippen LogP contribution in [0, 0.1) is 5.92 Å². The summed E-state index contributed by atoms with van der Waals surface area (Å²) in [5.74, 6) is 0.664. The summed E-state index contributed by atoms with van der Waals surface area (Å²) in [7, 11) is 0. The van der Waals surface area contributed by atoms with Gasteiger partial charge in [0.1, 0.15) is 0 Å². The lowest BCUT2D eigenvalue weighted by atomic mass is 9.82. The first kappa shape index (κ1) is 16.0. The highest BCUT2D eigenvalue weighted by Gasteiger charge is 2.43. The Labute approximate surface area is 125 Å². The van der Waals surface area contributed by atoms with Crippen LogP contribution in [0.3, 0.4) is 0 Å². The number of hydrogen-bond acceptors (Lipinski definition) is 2. The number of hydrogen-bond donors (Lipinski definition) is 1. The maximum absolute atomic E-state index is 10.7. The standard InChI is InChI=1S/C18H33NO/c1-4-5-6-7-9-15(2)12-16-13-18(3,20)17-10-8-11-19(17)14-16/h12,15,17,20H,4-11,13-14H2,1-3H3/b16-12-/t15-,17+,18+/m1/s1. The van der Waals surface area contributed by atoms with Crippen LogP contribution in [0.15, 0.2) is 11.6 Å². The van der Waals surface area contributed by atoms with Crippen LogP contribution < -0.4 is 0 Å². The van der Waals surface area contributed by atoms with Crippen molar-refractivity contribution in [1.29, 1.82) is 0 Å². The van der Waals surface area contributed by atoms with Gasteiger partial charge in [-0.15, -0.1) is 0 Å². The van der Waals surface area contributed by atoms with Crippen molar-refractivity contribution in [2.45, 2.75) is 83.8 Å². The van der Waals surface area contributed by atoms with Crippen molar-refractivity contribution in [1.82, 2.24) is 4.90 Å². The lowest BCUT2D eigenvalue weighted by molar-refractivity contribution is -0.0330. The van der Waals surface area contributed by atoms with Crippen molar-refractivity contribution in [2.24, 2.45) is 5.92 Å². The third-order valence-corrected chi connectivity index (χ3v) is 5.11. The third-order valence-electron chi connectivity index (χ3n) is 5.11. The Kier molecular flexibility index (Phi) is 5.68. The van der Waals surface area contributed by atoms with Gasteiger partial charge >= 0.3 is 0 Å². The van der Waals surface area contributed by atoms with Crippen LogP contribution in [0.1, 0.15) is 72.1 Å². The van der Waals surface area contributed by atoms with Crippen LogP contribution in [0.2, 0.25) is 0 Å². The average Bonchev–Trinajstić information content (AvgIpc) is 2.83. The Bertz CT molecular complexity index is 334. The molecule has 0 amide bonds. The van der Waals surface area contributed by atoms with Crippen LogP contribution in [0.25, 0.3) is 0 Å². The molecule has 0 radical (unpaired) electrons. The SMILES string of the molecule is CCCCCC[C@@H](C)/C=C1\CN2CCC[C@H]2[C@@](C)(O)C1. The Balaban J connectivity index is 1.86. The van der Waals surface area contributed by atoms with Gasteiger partial charge < -0.3 is 5.11 Å². The minimum absolute atomic E-state index is 0.402. The number of aliphatic hydroxyl groups is 1. The molecule has 2 nitrogen and oxygen atoms in total. The van der Waals surface area contributed by atoms with Gasteiger partial charge in [-0.1, -0.05) is 51.2 Å². The smallest absolute Gasteiger partial charge is 0.0811 e. The maximum atomic E-state index is 10.7. The second kappa shape index (κ2) is 7.09. The number of allylic oxidation sites excluding steroid dienone is 1. The Morgan fingerprint density at radius 3 is 2.95 bits per heavy atom. The fourth-order valence-electron chi connectivity index (χ4n) is 4.10. The summed E-state index contributed by atoms with van der Waals surface area (Å²) >= 11 is 0. The first-order valence-corrected chi connectivity index (χ1v) is 8.69. The van der Waals surface area contributed by atoms with Crippen molar-refractivity contribution < 1.29 is 5.11 Å². The molecule has 2 fully saturated rings. The molecule has 0 saturated carbocycles. The lowest BCUT2D eigenvalue weighted by Gasteiger charge is -2.43. The molecule has 2 heteroatoms. The van der Waals surface area contributed by atoms with Gasteiger partial charge in [0.05, 0.1) is 5.60 Å². The molecule has 2 heterocycles. The van der Waals surface area contributed by atoms with Crippen LogP contribution in [0.5, 0.6) is 0 Å². The molecule has 0 aliphatic carbocycles. The summed E-state index contributed by atoms with van der Waals surface area (Å²) in [5.41, 5.74) is 0.957. The molecule has 2 rings (SSSR count). The summed E-state index contributed by atoms with van der Waals surface area (Å²) in [6, 6.07) is 0.402. The highest BCUT2D eigenvalue weighted by atomic mass is 16.3. The molecule has 0 aromatic heterocycles. The minimum atomic E-state index is -0.511. The summed E-state index contributed by atoms with van der Waals surface area (Å²) < 4.78 is 0. The molecule has 3 atom stereocenters. The molecule has 0 bridgehead atoms. The first-order chi connectivity index (χ1) is 9.53. The Morgan fingerprint density at radius 1 is 1.40 bits per heavy atom. The molecule has 20 heavy (non-hydrogen) atoms. The van der Waals surface area contributed by atoms with Gasteiger partial charge in [-0.2, -0.15) is 0 Å². The predicted molar refractivity (Wildman–Crippen MR) is 85.8 cm³/mol. The van der Waals surface area contributed by atoms with Gasteiger partial charge in [0.2, 0.25) is 0 Å². The molecular formula is C18H33NO. The zero-order valence-corrected chi connectivity index (χ0v) is 13.7. The normalized spacial score (nSPS) is 34.4. The molecule has 0 unspecified atom stereocenters. The van der Waals surface area contributed by atoms with E-state index < -0.39 is 5.60 Å². The fourth-order valence-corrected chi connectivity index (χ4v) is 4.10. The minimum Gasteiger partial charge on any atom is -0.388 e. The molecular weight excluding hydrogens is 246 g/mol. The monoisotopic (exact) mass is 279 g/mol. The van der Waals surface area contributed by atoms with Crippen molar-refractivity contribution in [3.05, 3.63) is 11.6 Å². The van der Waals surface area contributed by atoms with Crippen LogP contribution in [0.4, 0.5) is 0 Å². The van der Waals surface area contributed by atoms with E-state index >= 15 is 0 Å². The highest BCUT2D eigenvalue weighted by molar-refractivity contribution is 5.17. The van der Waals surface area contributed by atoms with Gasteiger partial charge in [-0.25, -0.2) is 0 Å². The molecule has 0 aromatic rings. The average molecular weight is 279 g/mol. The van der Waals surface area contributed by atoms with Crippen LogP contribution in [-0.2, 0) is 0 Å². The van der Waals surface area contributed by atoms with E-state index in [0.717, 1.165) is 13.0 Å². The van der Waals surface area contributed by atoms with Gasteiger partial charge in [-0.05, 0) is 45.1 Å². The Morgan fingerprint density at radius 2 is 2.20 bits per heavy atom. The van der Waals surface area contributed by atoms with Crippen molar-refractivity contribution in [3.63, 3.8) is 0 Å². The molecule has 2 aliphatic heterocycles. The number of nitrogens with zero attached hydrogens (tertiary/aromatic N) is 1. The van der Waals surface area contributed by atoms with Crippen molar-refractivity contribution in [2.75, 3.05) is 13.1 Å². The molecule has 0 aromatic carbocycles. The number of rotatable bonds is 6. The number of piperidine rings is 1. The van der Waals surface area contributed by atoms with E-state index in [9.17, 15) is 5.11 Å². The van der Waals surface area contributed by atoms with E-state index in [1.807, 2.05) is 6.92 Å². The molecule has 2 saturated heterocycles. The predicted octanol–water partition coefficient (Wildman–Crippen LogP) is 4.14. The zero-order chi connectivity index (χ0) is 14.6. The summed E-state index contributed by atoms with van der Waals surface area (Å²) in [6.45, 7) is 8.91.